The number of hydrogen-bond acceptors (Lipinski definition) is 3. The number of nitrogens with one attached hydrogen (secondary N) is 2. The molecule has 4 heteroatoms. The summed E-state index contributed by atoms with van der Waals surface area (Å²) in [7, 11) is 0. The number of hydrogen-bond donors (Lipinski definition) is 2. The molecule has 2 aromatic carbocycles. The van der Waals surface area contributed by atoms with Gasteiger partial charge in [0.25, 0.3) is 0 Å². The molecule has 0 unspecified atom stereocenters. The van der Waals surface area contributed by atoms with Crippen molar-refractivity contribution in [3.05, 3.63) is 64.6 Å². The van der Waals surface area contributed by atoms with Crippen LogP contribution in [0.25, 0.3) is 11.1 Å². The number of fused-ring (bicyclic) bond motifs is 1. The van der Waals surface area contributed by atoms with E-state index in [0.717, 1.165) is 30.6 Å². The van der Waals surface area contributed by atoms with Crippen LogP contribution in [0, 0.1) is 0 Å². The minimum atomic E-state index is -0.416. The number of H-pyrrole nitrogens is 1. The van der Waals surface area contributed by atoms with Crippen LogP contribution in [0.15, 0.2) is 57.7 Å². The first-order valence-electron chi connectivity index (χ1n) is 6.72. The normalized spacial score (nSPS) is 10.8. The highest BCUT2D eigenvalue weighted by atomic mass is 16.4. The maximum atomic E-state index is 11.1. The van der Waals surface area contributed by atoms with E-state index >= 15 is 0 Å². The van der Waals surface area contributed by atoms with Gasteiger partial charge in [0.1, 0.15) is 0 Å². The van der Waals surface area contributed by atoms with E-state index in [0.29, 0.717) is 5.58 Å². The van der Waals surface area contributed by atoms with Crippen LogP contribution in [0.2, 0.25) is 0 Å². The van der Waals surface area contributed by atoms with E-state index in [1.54, 1.807) is 0 Å². The summed E-state index contributed by atoms with van der Waals surface area (Å²) >= 11 is 0. The molecule has 102 valence electrons. The minimum absolute atomic E-state index is 0.416. The molecule has 3 rings (SSSR count). The number of anilines is 1. The molecule has 0 aliphatic heterocycles. The summed E-state index contributed by atoms with van der Waals surface area (Å²) in [5.41, 5.74) is 3.63. The van der Waals surface area contributed by atoms with Crippen LogP contribution in [0.1, 0.15) is 12.0 Å². The Labute approximate surface area is 116 Å². The Bertz CT molecular complexity index is 744. The zero-order chi connectivity index (χ0) is 13.8. The van der Waals surface area contributed by atoms with Crippen molar-refractivity contribution in [2.45, 2.75) is 12.8 Å². The molecule has 0 saturated heterocycles. The Morgan fingerprint density at radius 1 is 1.10 bits per heavy atom. The van der Waals surface area contributed by atoms with Crippen molar-refractivity contribution in [1.29, 1.82) is 0 Å². The second-order valence-electron chi connectivity index (χ2n) is 4.74. The van der Waals surface area contributed by atoms with Gasteiger partial charge in [-0.25, -0.2) is 4.79 Å². The standard InChI is InChI=1S/C16H16N2O2/c19-16-18-14-9-8-13(11-15(14)20-16)17-10-4-7-12-5-2-1-3-6-12/h1-3,5-6,8-9,11,17H,4,7,10H2,(H,18,19). The van der Waals surface area contributed by atoms with Crippen LogP contribution >= 0.6 is 0 Å². The van der Waals surface area contributed by atoms with Gasteiger partial charge in [-0.15, -0.1) is 0 Å². The molecule has 20 heavy (non-hydrogen) atoms. The largest absolute Gasteiger partial charge is 0.417 e. The van der Waals surface area contributed by atoms with Crippen molar-refractivity contribution in [2.24, 2.45) is 0 Å². The molecule has 0 aliphatic carbocycles. The average molecular weight is 268 g/mol. The van der Waals surface area contributed by atoms with Gasteiger partial charge < -0.3 is 9.73 Å². The summed E-state index contributed by atoms with van der Waals surface area (Å²) in [4.78, 5) is 13.7. The molecule has 0 radical (unpaired) electrons. The van der Waals surface area contributed by atoms with Gasteiger partial charge in [-0.1, -0.05) is 30.3 Å². The van der Waals surface area contributed by atoms with Crippen molar-refractivity contribution >= 4 is 16.8 Å². The van der Waals surface area contributed by atoms with Crippen LogP contribution in [0.5, 0.6) is 0 Å². The molecule has 4 nitrogen and oxygen atoms in total. The van der Waals surface area contributed by atoms with E-state index in [-0.39, 0.29) is 0 Å². The van der Waals surface area contributed by atoms with Gasteiger partial charge >= 0.3 is 5.76 Å². The second kappa shape index (κ2) is 5.65. The molecular weight excluding hydrogens is 252 g/mol. The summed E-state index contributed by atoms with van der Waals surface area (Å²) < 4.78 is 5.03. The van der Waals surface area contributed by atoms with Crippen LogP contribution in [-0.2, 0) is 6.42 Å². The fourth-order valence-corrected chi connectivity index (χ4v) is 2.23. The van der Waals surface area contributed by atoms with E-state index in [4.69, 9.17) is 4.42 Å². The van der Waals surface area contributed by atoms with Crippen molar-refractivity contribution in [2.75, 3.05) is 11.9 Å². The Morgan fingerprint density at radius 3 is 2.80 bits per heavy atom. The highest BCUT2D eigenvalue weighted by Gasteiger charge is 2.01. The van der Waals surface area contributed by atoms with Crippen molar-refractivity contribution < 1.29 is 4.42 Å². The molecule has 1 aromatic heterocycles. The van der Waals surface area contributed by atoms with Gasteiger partial charge in [-0.2, -0.15) is 0 Å². The van der Waals surface area contributed by atoms with Gasteiger partial charge in [0.2, 0.25) is 0 Å². The Hall–Kier alpha value is -2.49. The molecule has 0 atom stereocenters. The molecule has 0 aliphatic rings. The number of aromatic amines is 1. The lowest BCUT2D eigenvalue weighted by Crippen LogP contribution is -2.02. The Balaban J connectivity index is 1.56. The summed E-state index contributed by atoms with van der Waals surface area (Å²) in [5.74, 6) is -0.416. The molecule has 0 fully saturated rings. The molecule has 0 amide bonds. The monoisotopic (exact) mass is 268 g/mol. The third-order valence-corrected chi connectivity index (χ3v) is 3.24. The van der Waals surface area contributed by atoms with Crippen LogP contribution < -0.4 is 11.1 Å². The summed E-state index contributed by atoms with van der Waals surface area (Å²) in [6.45, 7) is 0.884. The number of rotatable bonds is 5. The molecule has 1 heterocycles. The minimum Gasteiger partial charge on any atom is -0.408 e. The lowest BCUT2D eigenvalue weighted by Gasteiger charge is -2.06. The quantitative estimate of drug-likeness (QED) is 0.699. The number of aromatic nitrogens is 1. The molecule has 0 saturated carbocycles. The fraction of sp³-hybridized carbons (Fsp3) is 0.188. The molecule has 2 N–H and O–H groups in total. The fourth-order valence-electron chi connectivity index (χ4n) is 2.23. The van der Waals surface area contributed by atoms with Gasteiger partial charge in [-0.3, -0.25) is 4.98 Å². The highest BCUT2D eigenvalue weighted by molar-refractivity contribution is 5.76. The van der Waals surface area contributed by atoms with E-state index in [1.165, 1.54) is 5.56 Å². The van der Waals surface area contributed by atoms with Gasteiger partial charge in [-0.05, 0) is 30.5 Å². The Morgan fingerprint density at radius 2 is 1.95 bits per heavy atom. The maximum absolute atomic E-state index is 11.1. The molecule has 0 spiro atoms. The summed E-state index contributed by atoms with van der Waals surface area (Å²) in [6.07, 6.45) is 2.11. The van der Waals surface area contributed by atoms with E-state index in [9.17, 15) is 4.79 Å². The zero-order valence-electron chi connectivity index (χ0n) is 11.1. The number of aryl methyl sites for hydroxylation is 1. The predicted molar refractivity (Wildman–Crippen MR) is 80.1 cm³/mol. The SMILES string of the molecule is O=c1[nH]c2ccc(NCCCc3ccccc3)cc2o1. The summed E-state index contributed by atoms with van der Waals surface area (Å²) in [6, 6.07) is 16.1. The third kappa shape index (κ3) is 2.91. The predicted octanol–water partition coefficient (Wildman–Crippen LogP) is 3.17. The lowest BCUT2D eigenvalue weighted by atomic mass is 10.1. The van der Waals surface area contributed by atoms with Crippen LogP contribution in [0.4, 0.5) is 5.69 Å². The van der Waals surface area contributed by atoms with Gasteiger partial charge in [0, 0.05) is 18.3 Å². The molecule has 3 aromatic rings. The first kappa shape index (κ1) is 12.5. The maximum Gasteiger partial charge on any atom is 0.417 e. The van der Waals surface area contributed by atoms with Gasteiger partial charge in [0.05, 0.1) is 5.52 Å². The first-order valence-corrected chi connectivity index (χ1v) is 6.72. The molecular formula is C16H16N2O2. The van der Waals surface area contributed by atoms with Crippen LogP contribution in [0.3, 0.4) is 0 Å². The van der Waals surface area contributed by atoms with E-state index in [2.05, 4.69) is 34.6 Å². The van der Waals surface area contributed by atoms with Crippen LogP contribution in [-0.4, -0.2) is 11.5 Å². The smallest absolute Gasteiger partial charge is 0.408 e. The lowest BCUT2D eigenvalue weighted by molar-refractivity contribution is 0.555. The van der Waals surface area contributed by atoms with Crippen molar-refractivity contribution in [3.8, 4) is 0 Å². The van der Waals surface area contributed by atoms with Crippen molar-refractivity contribution in [3.63, 3.8) is 0 Å². The van der Waals surface area contributed by atoms with E-state index in [1.807, 2.05) is 24.3 Å². The third-order valence-electron chi connectivity index (χ3n) is 3.24. The first-order chi connectivity index (χ1) is 9.81. The average Bonchev–Trinajstić information content (AvgIpc) is 2.84. The van der Waals surface area contributed by atoms with Crippen molar-refractivity contribution in [1.82, 2.24) is 4.98 Å². The zero-order valence-corrected chi connectivity index (χ0v) is 11.1. The Kier molecular flexibility index (Phi) is 3.54. The van der Waals surface area contributed by atoms with Gasteiger partial charge in [0.15, 0.2) is 5.58 Å². The van der Waals surface area contributed by atoms with E-state index < -0.39 is 5.76 Å². The highest BCUT2D eigenvalue weighted by Crippen LogP contribution is 2.16. The second-order valence-corrected chi connectivity index (χ2v) is 4.74. The summed E-state index contributed by atoms with van der Waals surface area (Å²) in [5, 5.41) is 3.34. The number of oxazole rings is 1. The number of benzene rings is 2. The topological polar surface area (TPSA) is 58.0 Å². The molecule has 0 bridgehead atoms.